The number of aliphatic carboxylic acids is 2. The summed E-state index contributed by atoms with van der Waals surface area (Å²) in [6, 6.07) is 0. The fourth-order valence-electron chi connectivity index (χ4n) is 0.118. The molecule has 0 radical (unpaired) electrons. The normalized spacial score (nSPS) is 6.22. The Hall–Kier alpha value is 0.537. The van der Waals surface area contributed by atoms with E-state index in [0.717, 1.165) is 0 Å². The van der Waals surface area contributed by atoms with E-state index in [9.17, 15) is 19.8 Å². The molecule has 0 fully saturated rings. The topological polar surface area (TPSA) is 80.3 Å². The Labute approximate surface area is 86.1 Å². The summed E-state index contributed by atoms with van der Waals surface area (Å²) in [5.74, 6) is -3.25. The van der Waals surface area contributed by atoms with Crippen LogP contribution in [0.4, 0.5) is 0 Å². The maximum atomic E-state index is 9.28. The van der Waals surface area contributed by atoms with Crippen molar-refractivity contribution in [1.82, 2.24) is 0 Å². The van der Waals surface area contributed by atoms with Crippen molar-refractivity contribution < 1.29 is 68.2 Å². The van der Waals surface area contributed by atoms with Crippen LogP contribution >= 0.6 is 0 Å². The van der Waals surface area contributed by atoms with Gasteiger partial charge in [0.15, 0.2) is 0 Å². The van der Waals surface area contributed by atoms with Crippen molar-refractivity contribution in [3.05, 3.63) is 0 Å². The van der Waals surface area contributed by atoms with Gasteiger partial charge in [0.2, 0.25) is 0 Å². The third-order valence-electron chi connectivity index (χ3n) is 0.289. The molecule has 9 heavy (non-hydrogen) atoms. The van der Waals surface area contributed by atoms with E-state index in [-0.39, 0.29) is 48.4 Å². The first-order valence-electron chi connectivity index (χ1n) is 1.52. The molecule has 0 atom stereocenters. The van der Waals surface area contributed by atoms with E-state index in [1.54, 1.807) is 0 Å². The molecule has 0 saturated carbocycles. The molecule has 40 valence electrons. The van der Waals surface area contributed by atoms with Crippen molar-refractivity contribution in [3.8, 4) is 0 Å². The first-order valence-corrected chi connectivity index (χ1v) is 1.52. The van der Waals surface area contributed by atoms with Gasteiger partial charge in [-0.1, -0.05) is 0 Å². The molecule has 0 aromatic rings. The number of carboxylic acids is 2. The molecule has 0 unspecified atom stereocenters. The van der Waals surface area contributed by atoms with Crippen molar-refractivity contribution in [2.45, 2.75) is 6.42 Å². The number of carbonyl (C=O) groups is 2. The second-order valence-corrected chi connectivity index (χ2v) is 0.921. The Balaban J connectivity index is -0.000000180. The van der Waals surface area contributed by atoms with E-state index in [1.807, 2.05) is 0 Å². The van der Waals surface area contributed by atoms with Crippen LogP contribution in [0.3, 0.4) is 0 Å². The van der Waals surface area contributed by atoms with Gasteiger partial charge >= 0.3 is 48.4 Å². The van der Waals surface area contributed by atoms with Crippen molar-refractivity contribution in [2.75, 3.05) is 0 Å². The Morgan fingerprint density at radius 3 is 1.33 bits per heavy atom. The predicted octanol–water partition coefficient (Wildman–Crippen LogP) is -9.12. The van der Waals surface area contributed by atoms with Gasteiger partial charge in [-0.2, -0.15) is 0 Å². The van der Waals surface area contributed by atoms with Gasteiger partial charge < -0.3 is 19.8 Å². The van der Waals surface area contributed by atoms with Gasteiger partial charge in [0, 0.05) is 18.4 Å². The molecule has 0 aromatic carbocycles. The summed E-state index contributed by atoms with van der Waals surface area (Å²) in [5, 5.41) is 18.6. The van der Waals surface area contributed by atoms with Gasteiger partial charge in [-0.05, 0) is 0 Å². The van der Waals surface area contributed by atoms with Crippen molar-refractivity contribution in [1.29, 1.82) is 0 Å². The van der Waals surface area contributed by atoms with Crippen LogP contribution in [0.1, 0.15) is 6.42 Å². The molecule has 0 aromatic heterocycles. The van der Waals surface area contributed by atoms with Crippen LogP contribution in [0, 0.1) is 0 Å². The fraction of sp³-hybridized carbons (Fsp3) is 0.333. The summed E-state index contributed by atoms with van der Waals surface area (Å²) >= 11 is 0. The van der Waals surface area contributed by atoms with Gasteiger partial charge in [0.05, 0.1) is 0 Å². The number of rotatable bonds is 2. The second kappa shape index (κ2) is 8.54. The van der Waals surface area contributed by atoms with Gasteiger partial charge in [-0.25, -0.2) is 0 Å². The largest absolute Gasteiger partial charge is 1.00 e. The summed E-state index contributed by atoms with van der Waals surface area (Å²) < 4.78 is 0. The van der Waals surface area contributed by atoms with Crippen LogP contribution in [0.2, 0.25) is 0 Å². The van der Waals surface area contributed by atoms with Crippen LogP contribution in [0.25, 0.3) is 0 Å². The number of carboxylic acid groups (broad SMARTS) is 2. The van der Waals surface area contributed by atoms with E-state index in [4.69, 9.17) is 0 Å². The van der Waals surface area contributed by atoms with E-state index in [2.05, 4.69) is 0 Å². The smallest absolute Gasteiger partial charge is 0.550 e. The zero-order valence-electron chi connectivity index (χ0n) is 5.34. The van der Waals surface area contributed by atoms with Crippen LogP contribution in [-0.2, 0) is 9.59 Å². The number of carbonyl (C=O) groups excluding carboxylic acids is 2. The maximum absolute atomic E-state index is 9.28. The Kier molecular flexibility index (Phi) is 15.4. The van der Waals surface area contributed by atoms with E-state index in [1.165, 1.54) is 0 Å². The molecule has 0 heterocycles. The van der Waals surface area contributed by atoms with Gasteiger partial charge in [0.1, 0.15) is 0 Å². The van der Waals surface area contributed by atoms with Gasteiger partial charge in [0.25, 0.3) is 0 Å². The van der Waals surface area contributed by atoms with Gasteiger partial charge in [-0.3, -0.25) is 0 Å². The van der Waals surface area contributed by atoms with Crippen molar-refractivity contribution in [2.24, 2.45) is 0 Å². The molecule has 0 spiro atoms. The molecule has 0 rings (SSSR count). The minimum Gasteiger partial charge on any atom is -0.550 e. The molecule has 6 heteroatoms. The first kappa shape index (κ1) is 16.3. The SMILES string of the molecule is O=C([O-])CC(=O)[O-].[Li+].[Na+]. The second-order valence-electron chi connectivity index (χ2n) is 0.921. The monoisotopic (exact) mass is 132 g/mol. The summed E-state index contributed by atoms with van der Waals surface area (Å²) in [7, 11) is 0. The first-order chi connectivity index (χ1) is 3.13. The van der Waals surface area contributed by atoms with E-state index < -0.39 is 18.4 Å². The number of hydrogen-bond acceptors (Lipinski definition) is 4. The molecule has 0 aliphatic rings. The van der Waals surface area contributed by atoms with Crippen LogP contribution in [-0.4, -0.2) is 11.9 Å². The average Bonchev–Trinajstić information content (AvgIpc) is 1.27. The summed E-state index contributed by atoms with van der Waals surface area (Å²) in [4.78, 5) is 18.6. The molecule has 0 aliphatic carbocycles. The van der Waals surface area contributed by atoms with Gasteiger partial charge in [-0.15, -0.1) is 0 Å². The summed E-state index contributed by atoms with van der Waals surface area (Å²) in [5.41, 5.74) is 0. The number of hydrogen-bond donors (Lipinski definition) is 0. The molecule has 0 bridgehead atoms. The summed E-state index contributed by atoms with van der Waals surface area (Å²) in [6.45, 7) is 0. The Bertz CT molecular complexity index is 92.0. The molecule has 0 aliphatic heterocycles. The quantitative estimate of drug-likeness (QED) is 0.276. The fourth-order valence-corrected chi connectivity index (χ4v) is 0.118. The van der Waals surface area contributed by atoms with Crippen LogP contribution in [0.15, 0.2) is 0 Å². The molecular weight excluding hydrogens is 130 g/mol. The predicted molar refractivity (Wildman–Crippen MR) is 14.6 cm³/mol. The third kappa shape index (κ3) is 17.7. The van der Waals surface area contributed by atoms with E-state index in [0.29, 0.717) is 0 Å². The Morgan fingerprint density at radius 2 is 1.33 bits per heavy atom. The minimum absolute atomic E-state index is 0. The molecule has 0 saturated heterocycles. The Morgan fingerprint density at radius 1 is 1.11 bits per heavy atom. The van der Waals surface area contributed by atoms with Crippen LogP contribution < -0.4 is 58.6 Å². The standard InChI is InChI=1S/C3H4O4.Li.Na/c4-2(5)1-3(6)7;;/h1H2,(H,4,5)(H,6,7);;/q;2*+1/p-2. The maximum Gasteiger partial charge on any atom is 1.00 e. The zero-order valence-corrected chi connectivity index (χ0v) is 7.34. The molecular formula is C3H2LiNaO4. The molecule has 4 nitrogen and oxygen atoms in total. The van der Waals surface area contributed by atoms with Crippen molar-refractivity contribution in [3.63, 3.8) is 0 Å². The summed E-state index contributed by atoms with van der Waals surface area (Å²) in [6.07, 6.45) is -1.03. The van der Waals surface area contributed by atoms with Crippen LogP contribution in [0.5, 0.6) is 0 Å². The minimum atomic E-state index is -1.63. The zero-order chi connectivity index (χ0) is 5.86. The van der Waals surface area contributed by atoms with E-state index >= 15 is 0 Å². The van der Waals surface area contributed by atoms with Crippen molar-refractivity contribution >= 4 is 11.9 Å². The average molecular weight is 132 g/mol. The molecule has 0 amide bonds. The molecule has 0 N–H and O–H groups in total. The third-order valence-corrected chi connectivity index (χ3v) is 0.289.